The summed E-state index contributed by atoms with van der Waals surface area (Å²) in [4.78, 5) is 37.7. The molecule has 224 valence electrons. The Bertz CT molecular complexity index is 1180. The number of benzene rings is 1. The first-order valence-corrected chi connectivity index (χ1v) is 14.2. The lowest BCUT2D eigenvalue weighted by Crippen LogP contribution is -2.57. The number of β-amino-alcohol motifs (C(OH)–C–C–N with tert-alkyl or cyclic N) is 1. The topological polar surface area (TPSA) is 118 Å². The molecule has 2 fully saturated rings. The van der Waals surface area contributed by atoms with Gasteiger partial charge in [-0.3, -0.25) is 4.90 Å². The molecule has 2 amide bonds. The van der Waals surface area contributed by atoms with Crippen LogP contribution in [0.25, 0.3) is 0 Å². The van der Waals surface area contributed by atoms with Crippen LogP contribution in [0.3, 0.4) is 0 Å². The van der Waals surface area contributed by atoms with E-state index in [4.69, 9.17) is 19.3 Å². The van der Waals surface area contributed by atoms with E-state index in [1.165, 1.54) is 10.5 Å². The maximum Gasteiger partial charge on any atom is 0.410 e. The molecule has 0 spiro atoms. The summed E-state index contributed by atoms with van der Waals surface area (Å²) in [5.74, 6) is 0.640. The third-order valence-corrected chi connectivity index (χ3v) is 6.58. The molecular weight excluding hydrogens is 526 g/mol. The lowest BCUT2D eigenvalue weighted by atomic mass is 10.1. The van der Waals surface area contributed by atoms with Crippen molar-refractivity contribution in [3.8, 4) is 5.88 Å². The minimum atomic E-state index is -0.489. The number of fused-ring (bicyclic) bond motifs is 1. The van der Waals surface area contributed by atoms with E-state index in [2.05, 4.69) is 39.1 Å². The summed E-state index contributed by atoms with van der Waals surface area (Å²) >= 11 is 0. The number of carbonyl (C=O) groups excluding carboxylic acids is 2. The fourth-order valence-electron chi connectivity index (χ4n) is 4.53. The molecule has 1 aromatic heterocycles. The molecule has 3 aliphatic heterocycles. The van der Waals surface area contributed by atoms with E-state index in [1.807, 2.05) is 47.6 Å². The van der Waals surface area contributed by atoms with E-state index in [9.17, 15) is 9.59 Å². The highest BCUT2D eigenvalue weighted by Gasteiger charge is 2.36. The summed E-state index contributed by atoms with van der Waals surface area (Å²) in [6.45, 7) is 15.5. The highest BCUT2D eigenvalue weighted by atomic mass is 16.6. The lowest BCUT2D eigenvalue weighted by Gasteiger charge is -2.39. The van der Waals surface area contributed by atoms with Gasteiger partial charge in [-0.1, -0.05) is 30.3 Å². The van der Waals surface area contributed by atoms with Crippen LogP contribution in [0.4, 0.5) is 9.59 Å². The fraction of sp³-hybridized carbons (Fsp3) is 0.600. The Kier molecular flexibility index (Phi) is 9.38. The summed E-state index contributed by atoms with van der Waals surface area (Å²) in [5, 5.41) is 8.92. The molecule has 11 heteroatoms. The van der Waals surface area contributed by atoms with Crippen molar-refractivity contribution in [2.45, 2.75) is 84.5 Å². The van der Waals surface area contributed by atoms with E-state index >= 15 is 0 Å². The van der Waals surface area contributed by atoms with Crippen molar-refractivity contribution in [3.63, 3.8) is 0 Å². The van der Waals surface area contributed by atoms with Gasteiger partial charge in [0.25, 0.3) is 0 Å². The van der Waals surface area contributed by atoms with Crippen LogP contribution in [0.5, 0.6) is 5.88 Å². The van der Waals surface area contributed by atoms with Gasteiger partial charge >= 0.3 is 12.2 Å². The molecule has 0 bridgehead atoms. The van der Waals surface area contributed by atoms with Crippen LogP contribution >= 0.6 is 0 Å². The maximum atomic E-state index is 12.1. The third-order valence-electron chi connectivity index (χ3n) is 6.58. The van der Waals surface area contributed by atoms with Crippen molar-refractivity contribution >= 4 is 12.2 Å². The van der Waals surface area contributed by atoms with Gasteiger partial charge in [-0.25, -0.2) is 19.6 Å². The first kappa shape index (κ1) is 30.5. The molecule has 3 aliphatic rings. The summed E-state index contributed by atoms with van der Waals surface area (Å²) in [6, 6.07) is 10.5. The summed E-state index contributed by atoms with van der Waals surface area (Å²) < 4.78 is 16.6. The predicted octanol–water partition coefficient (Wildman–Crippen LogP) is 3.63. The number of aliphatic hydroxyl groups excluding tert-OH is 1. The Labute approximate surface area is 242 Å². The quantitative estimate of drug-likeness (QED) is 0.589. The largest absolute Gasteiger partial charge is 0.470 e. The third kappa shape index (κ3) is 9.02. The normalized spacial score (nSPS) is 17.8. The van der Waals surface area contributed by atoms with Crippen LogP contribution in [0, 0.1) is 0 Å². The minimum absolute atomic E-state index is 0.0639. The zero-order valence-corrected chi connectivity index (χ0v) is 25.0. The minimum Gasteiger partial charge on any atom is -0.470 e. The summed E-state index contributed by atoms with van der Waals surface area (Å²) in [5.41, 5.74) is 2.48. The number of aromatic nitrogens is 2. The number of likely N-dealkylation sites (tertiary alicyclic amines) is 2. The first-order chi connectivity index (χ1) is 19.3. The molecule has 0 aliphatic carbocycles. The molecule has 11 nitrogen and oxygen atoms in total. The van der Waals surface area contributed by atoms with Crippen molar-refractivity contribution in [2.75, 3.05) is 32.7 Å². The van der Waals surface area contributed by atoms with Crippen LogP contribution in [0.15, 0.2) is 36.7 Å². The molecule has 4 heterocycles. The zero-order valence-electron chi connectivity index (χ0n) is 25.0. The van der Waals surface area contributed by atoms with Gasteiger partial charge in [0.05, 0.1) is 38.0 Å². The Hall–Kier alpha value is -3.44. The Morgan fingerprint density at radius 2 is 1.49 bits per heavy atom. The van der Waals surface area contributed by atoms with Crippen LogP contribution < -0.4 is 4.74 Å². The summed E-state index contributed by atoms with van der Waals surface area (Å²) in [7, 11) is 0. The number of carbonyl (C=O) groups is 2. The second kappa shape index (κ2) is 12.6. The van der Waals surface area contributed by atoms with Crippen molar-refractivity contribution in [3.05, 3.63) is 53.5 Å². The fourth-order valence-corrected chi connectivity index (χ4v) is 4.53. The second-order valence-corrected chi connectivity index (χ2v) is 12.7. The molecular formula is C30H43N5O6. The molecule has 1 aromatic carbocycles. The molecule has 0 unspecified atom stereocenters. The van der Waals surface area contributed by atoms with Gasteiger partial charge in [-0.15, -0.1) is 0 Å². The summed E-state index contributed by atoms with van der Waals surface area (Å²) in [6.07, 6.45) is 1.40. The van der Waals surface area contributed by atoms with Crippen LogP contribution in [0.2, 0.25) is 0 Å². The highest BCUT2D eigenvalue weighted by molar-refractivity contribution is 5.69. The van der Waals surface area contributed by atoms with Crippen molar-refractivity contribution in [2.24, 2.45) is 0 Å². The molecule has 1 N–H and O–H groups in total. The maximum absolute atomic E-state index is 12.1. The Morgan fingerprint density at radius 1 is 0.902 bits per heavy atom. The molecule has 2 saturated heterocycles. The highest BCUT2D eigenvalue weighted by Crippen LogP contribution is 2.28. The van der Waals surface area contributed by atoms with Gasteiger partial charge in [0.2, 0.25) is 5.88 Å². The van der Waals surface area contributed by atoms with E-state index in [0.29, 0.717) is 32.1 Å². The SMILES string of the molecule is CC(C)(C)OC(=O)N1CC(O)C1.CC(C)(C)OC(=O)N1CC(Oc2ncnc3c2CN(Cc2ccccc2)CC3)C1. The number of aliphatic hydroxyl groups is 1. The Morgan fingerprint density at radius 3 is 2.05 bits per heavy atom. The smallest absolute Gasteiger partial charge is 0.410 e. The Balaban J connectivity index is 0.000000271. The van der Waals surface area contributed by atoms with Gasteiger partial charge in [0, 0.05) is 31.6 Å². The van der Waals surface area contributed by atoms with E-state index in [0.717, 1.165) is 37.3 Å². The van der Waals surface area contributed by atoms with Crippen LogP contribution in [-0.2, 0) is 29.0 Å². The second-order valence-electron chi connectivity index (χ2n) is 12.7. The molecule has 2 aromatic rings. The van der Waals surface area contributed by atoms with Gasteiger partial charge in [-0.2, -0.15) is 0 Å². The lowest BCUT2D eigenvalue weighted by molar-refractivity contribution is -0.0303. The number of hydrogen-bond donors (Lipinski definition) is 1. The number of nitrogens with zero attached hydrogens (tertiary/aromatic N) is 5. The van der Waals surface area contributed by atoms with Gasteiger partial charge in [0.15, 0.2) is 0 Å². The standard InChI is InChI=1S/C22H28N4O3.C8H15NO3/c1-22(2,3)29-21(27)26-12-17(13-26)28-20-18-14-25(10-9-19(18)23-15-24-20)11-16-7-5-4-6-8-16;1-8(2,3)12-7(11)9-4-6(10)5-9/h4-8,15,17H,9-14H2,1-3H3;6,10H,4-5H2,1-3H3. The van der Waals surface area contributed by atoms with E-state index < -0.39 is 11.2 Å². The molecule has 0 radical (unpaired) electrons. The predicted molar refractivity (Wildman–Crippen MR) is 152 cm³/mol. The average molecular weight is 570 g/mol. The zero-order chi connectivity index (χ0) is 29.8. The van der Waals surface area contributed by atoms with Gasteiger partial charge in [0.1, 0.15) is 23.6 Å². The van der Waals surface area contributed by atoms with Crippen molar-refractivity contribution in [1.29, 1.82) is 0 Å². The van der Waals surface area contributed by atoms with Gasteiger partial charge < -0.3 is 29.1 Å². The number of ether oxygens (including phenoxy) is 3. The number of amides is 2. The molecule has 5 rings (SSSR count). The number of hydrogen-bond acceptors (Lipinski definition) is 9. The molecule has 0 atom stereocenters. The number of rotatable bonds is 4. The van der Waals surface area contributed by atoms with Crippen molar-refractivity contribution in [1.82, 2.24) is 24.7 Å². The van der Waals surface area contributed by atoms with Gasteiger partial charge in [-0.05, 0) is 47.1 Å². The molecule has 41 heavy (non-hydrogen) atoms. The monoisotopic (exact) mass is 569 g/mol. The average Bonchev–Trinajstić information content (AvgIpc) is 2.83. The van der Waals surface area contributed by atoms with E-state index in [-0.39, 0.29) is 24.4 Å². The van der Waals surface area contributed by atoms with Crippen molar-refractivity contribution < 1.29 is 28.9 Å². The van der Waals surface area contributed by atoms with E-state index in [1.54, 1.807) is 11.2 Å². The van der Waals surface area contributed by atoms with Crippen LogP contribution in [0.1, 0.15) is 58.4 Å². The first-order valence-electron chi connectivity index (χ1n) is 14.2. The van der Waals surface area contributed by atoms with Crippen LogP contribution in [-0.4, -0.2) is 98.1 Å². The molecule has 0 saturated carbocycles.